The highest BCUT2D eigenvalue weighted by Gasteiger charge is 2.11. The predicted molar refractivity (Wildman–Crippen MR) is 75.3 cm³/mol. The van der Waals surface area contributed by atoms with Gasteiger partial charge in [0, 0.05) is 18.7 Å². The van der Waals surface area contributed by atoms with E-state index < -0.39 is 0 Å². The van der Waals surface area contributed by atoms with Gasteiger partial charge in [-0.15, -0.1) is 11.6 Å². The average Bonchev–Trinajstić information content (AvgIpc) is 2.33. The quantitative estimate of drug-likeness (QED) is 0.806. The van der Waals surface area contributed by atoms with E-state index in [9.17, 15) is 4.79 Å². The van der Waals surface area contributed by atoms with E-state index in [-0.39, 0.29) is 17.9 Å². The number of anilines is 1. The Labute approximate surface area is 113 Å². The Morgan fingerprint density at radius 1 is 1.50 bits per heavy atom. The second kappa shape index (κ2) is 7.39. The van der Waals surface area contributed by atoms with Crippen LogP contribution in [0.5, 0.6) is 0 Å². The van der Waals surface area contributed by atoms with Crippen LogP contribution in [-0.2, 0) is 16.0 Å². The van der Waals surface area contributed by atoms with Crippen LogP contribution in [0, 0.1) is 6.92 Å². The smallest absolute Gasteiger partial charge is 0.239 e. The Balaban J connectivity index is 2.89. The molecule has 0 saturated heterocycles. The van der Waals surface area contributed by atoms with E-state index in [0.29, 0.717) is 6.61 Å². The number of aryl methyl sites for hydroxylation is 1. The number of alkyl halides is 1. The molecule has 0 spiro atoms. The number of benzene rings is 1. The lowest BCUT2D eigenvalue weighted by molar-refractivity contribution is -0.113. The monoisotopic (exact) mass is 269 g/mol. The molecule has 0 unspecified atom stereocenters. The molecule has 0 aliphatic carbocycles. The summed E-state index contributed by atoms with van der Waals surface area (Å²) in [7, 11) is 0. The molecule has 1 aromatic rings. The highest BCUT2D eigenvalue weighted by molar-refractivity contribution is 6.29. The number of carbonyl (C=O) groups is 1. The van der Waals surface area contributed by atoms with Gasteiger partial charge in [0.05, 0.1) is 6.10 Å². The second-order valence-electron chi connectivity index (χ2n) is 4.26. The number of hydrogen-bond acceptors (Lipinski definition) is 2. The van der Waals surface area contributed by atoms with Crippen LogP contribution in [0.15, 0.2) is 18.2 Å². The minimum absolute atomic E-state index is 0.0329. The standard InChI is InChI=1S/C14H20ClNO2/c1-4-18-11(3)8-12-7-5-6-10(2)14(12)16-13(17)9-15/h5-7,11H,4,8-9H2,1-3H3,(H,16,17)/t11-/m0/s1. The van der Waals surface area contributed by atoms with Crippen LogP contribution in [-0.4, -0.2) is 24.5 Å². The molecule has 100 valence electrons. The topological polar surface area (TPSA) is 38.3 Å². The summed E-state index contributed by atoms with van der Waals surface area (Å²) in [4.78, 5) is 11.4. The Morgan fingerprint density at radius 2 is 2.22 bits per heavy atom. The Morgan fingerprint density at radius 3 is 2.83 bits per heavy atom. The van der Waals surface area contributed by atoms with Gasteiger partial charge in [0.1, 0.15) is 5.88 Å². The van der Waals surface area contributed by atoms with Crippen molar-refractivity contribution in [3.05, 3.63) is 29.3 Å². The number of amides is 1. The van der Waals surface area contributed by atoms with E-state index in [1.807, 2.05) is 39.0 Å². The third kappa shape index (κ3) is 4.31. The minimum Gasteiger partial charge on any atom is -0.378 e. The van der Waals surface area contributed by atoms with Gasteiger partial charge in [0.2, 0.25) is 5.91 Å². The van der Waals surface area contributed by atoms with Crippen molar-refractivity contribution >= 4 is 23.2 Å². The van der Waals surface area contributed by atoms with E-state index in [2.05, 4.69) is 5.32 Å². The Bertz CT molecular complexity index is 407. The van der Waals surface area contributed by atoms with Crippen LogP contribution in [0.25, 0.3) is 0 Å². The summed E-state index contributed by atoms with van der Waals surface area (Å²) in [5.74, 6) is -0.217. The van der Waals surface area contributed by atoms with Gasteiger partial charge >= 0.3 is 0 Å². The lowest BCUT2D eigenvalue weighted by Crippen LogP contribution is -2.18. The van der Waals surface area contributed by atoms with Gasteiger partial charge < -0.3 is 10.1 Å². The maximum absolute atomic E-state index is 11.4. The number of nitrogens with one attached hydrogen (secondary N) is 1. The summed E-state index contributed by atoms with van der Waals surface area (Å²) >= 11 is 5.53. The first-order valence-corrected chi connectivity index (χ1v) is 6.67. The van der Waals surface area contributed by atoms with Gasteiger partial charge in [-0.2, -0.15) is 0 Å². The van der Waals surface area contributed by atoms with Crippen LogP contribution >= 0.6 is 11.6 Å². The zero-order valence-corrected chi connectivity index (χ0v) is 11.9. The Hall–Kier alpha value is -1.06. The summed E-state index contributed by atoms with van der Waals surface area (Å²) in [6.07, 6.45) is 0.899. The molecule has 1 aromatic carbocycles. The predicted octanol–water partition coefficient (Wildman–Crippen LogP) is 3.14. The third-order valence-corrected chi connectivity index (χ3v) is 2.95. The molecule has 0 aliphatic heterocycles. The number of halogens is 1. The van der Waals surface area contributed by atoms with E-state index in [1.165, 1.54) is 0 Å². The molecule has 0 fully saturated rings. The lowest BCUT2D eigenvalue weighted by atomic mass is 10.0. The molecule has 0 aliphatic rings. The molecule has 0 heterocycles. The zero-order chi connectivity index (χ0) is 13.5. The largest absolute Gasteiger partial charge is 0.378 e. The SMILES string of the molecule is CCO[C@@H](C)Cc1cccc(C)c1NC(=O)CCl. The molecule has 1 N–H and O–H groups in total. The molecular formula is C14H20ClNO2. The molecule has 1 atom stereocenters. The fraction of sp³-hybridized carbons (Fsp3) is 0.500. The molecule has 3 nitrogen and oxygen atoms in total. The molecule has 4 heteroatoms. The minimum atomic E-state index is -0.184. The van der Waals surface area contributed by atoms with Crippen LogP contribution < -0.4 is 5.32 Å². The zero-order valence-electron chi connectivity index (χ0n) is 11.1. The average molecular weight is 270 g/mol. The van der Waals surface area contributed by atoms with Crippen molar-refractivity contribution in [1.82, 2.24) is 0 Å². The summed E-state index contributed by atoms with van der Waals surface area (Å²) in [6.45, 7) is 6.66. The fourth-order valence-corrected chi connectivity index (χ4v) is 1.97. The van der Waals surface area contributed by atoms with Gasteiger partial charge in [-0.25, -0.2) is 0 Å². The number of hydrogen-bond donors (Lipinski definition) is 1. The molecule has 0 radical (unpaired) electrons. The van der Waals surface area contributed by atoms with Crippen molar-refractivity contribution in [3.8, 4) is 0 Å². The normalized spacial score (nSPS) is 12.2. The van der Waals surface area contributed by atoms with Crippen molar-refractivity contribution in [2.45, 2.75) is 33.3 Å². The van der Waals surface area contributed by atoms with E-state index >= 15 is 0 Å². The number of rotatable bonds is 6. The van der Waals surface area contributed by atoms with Crippen molar-refractivity contribution < 1.29 is 9.53 Å². The molecule has 0 aromatic heterocycles. The molecule has 0 bridgehead atoms. The first kappa shape index (κ1) is 15.0. The van der Waals surface area contributed by atoms with E-state index in [0.717, 1.165) is 23.2 Å². The molecule has 18 heavy (non-hydrogen) atoms. The van der Waals surface area contributed by atoms with Crippen LogP contribution in [0.1, 0.15) is 25.0 Å². The first-order chi connectivity index (χ1) is 8.58. The maximum atomic E-state index is 11.4. The molecule has 0 saturated carbocycles. The van der Waals surface area contributed by atoms with Gasteiger partial charge in [-0.1, -0.05) is 18.2 Å². The van der Waals surface area contributed by atoms with Crippen LogP contribution in [0.3, 0.4) is 0 Å². The van der Waals surface area contributed by atoms with Crippen molar-refractivity contribution in [1.29, 1.82) is 0 Å². The van der Waals surface area contributed by atoms with Crippen molar-refractivity contribution in [2.24, 2.45) is 0 Å². The highest BCUT2D eigenvalue weighted by Crippen LogP contribution is 2.22. The Kier molecular flexibility index (Phi) is 6.16. The van der Waals surface area contributed by atoms with Gasteiger partial charge in [-0.05, 0) is 31.9 Å². The highest BCUT2D eigenvalue weighted by atomic mass is 35.5. The van der Waals surface area contributed by atoms with Crippen molar-refractivity contribution in [2.75, 3.05) is 17.8 Å². The number of carbonyl (C=O) groups excluding carboxylic acids is 1. The van der Waals surface area contributed by atoms with Gasteiger partial charge in [0.25, 0.3) is 0 Å². The molecule has 1 amide bonds. The second-order valence-corrected chi connectivity index (χ2v) is 4.53. The summed E-state index contributed by atoms with van der Waals surface area (Å²) in [6, 6.07) is 5.96. The third-order valence-electron chi connectivity index (χ3n) is 2.70. The summed E-state index contributed by atoms with van der Waals surface area (Å²) in [5, 5.41) is 2.85. The van der Waals surface area contributed by atoms with Crippen molar-refractivity contribution in [3.63, 3.8) is 0 Å². The van der Waals surface area contributed by atoms with Gasteiger partial charge in [-0.3, -0.25) is 4.79 Å². The first-order valence-electron chi connectivity index (χ1n) is 6.14. The van der Waals surface area contributed by atoms with Crippen LogP contribution in [0.4, 0.5) is 5.69 Å². The fourth-order valence-electron chi connectivity index (χ4n) is 1.90. The van der Waals surface area contributed by atoms with E-state index in [4.69, 9.17) is 16.3 Å². The summed E-state index contributed by atoms with van der Waals surface area (Å²) < 4.78 is 5.53. The lowest BCUT2D eigenvalue weighted by Gasteiger charge is -2.17. The molecular weight excluding hydrogens is 250 g/mol. The van der Waals surface area contributed by atoms with Crippen LogP contribution in [0.2, 0.25) is 0 Å². The maximum Gasteiger partial charge on any atom is 0.239 e. The molecule has 1 rings (SSSR count). The van der Waals surface area contributed by atoms with E-state index in [1.54, 1.807) is 0 Å². The number of ether oxygens (including phenoxy) is 1. The number of para-hydroxylation sites is 1. The summed E-state index contributed by atoms with van der Waals surface area (Å²) in [5.41, 5.74) is 2.97. The van der Waals surface area contributed by atoms with Gasteiger partial charge in [0.15, 0.2) is 0 Å².